The molecule has 5 heteroatoms. The van der Waals surface area contributed by atoms with Crippen LogP contribution < -0.4 is 4.74 Å². The highest BCUT2D eigenvalue weighted by Crippen LogP contribution is 2.51. The molecule has 164 valence electrons. The number of Topliss-reactive ketones (excluding diaryl/α,β-unsaturated/α-hetero) is 1. The van der Waals surface area contributed by atoms with Crippen molar-refractivity contribution in [3.63, 3.8) is 0 Å². The Balaban J connectivity index is 1.47. The fraction of sp³-hybridized carbons (Fsp3) is 0.407. The molecule has 0 radical (unpaired) electrons. The fourth-order valence-corrected chi connectivity index (χ4v) is 5.22. The monoisotopic (exact) mass is 429 g/mol. The van der Waals surface area contributed by atoms with Crippen molar-refractivity contribution in [1.82, 2.24) is 0 Å². The molecule has 0 amide bonds. The summed E-state index contributed by atoms with van der Waals surface area (Å²) in [7, 11) is 0. The van der Waals surface area contributed by atoms with E-state index in [0.717, 1.165) is 44.7 Å². The van der Waals surface area contributed by atoms with Crippen molar-refractivity contribution in [1.29, 1.82) is 5.26 Å². The molecule has 3 aliphatic rings. The Morgan fingerprint density at radius 2 is 1.91 bits per heavy atom. The molecule has 32 heavy (non-hydrogen) atoms. The molecule has 0 unspecified atom stereocenters. The summed E-state index contributed by atoms with van der Waals surface area (Å²) in [4.78, 5) is 13.6. The molecule has 2 aromatic rings. The highest BCUT2D eigenvalue weighted by atomic mass is 16.7. The van der Waals surface area contributed by atoms with Gasteiger partial charge >= 0.3 is 0 Å². The minimum absolute atomic E-state index is 0.0537. The van der Waals surface area contributed by atoms with Crippen molar-refractivity contribution in [2.45, 2.75) is 58.3 Å². The molecule has 0 saturated carbocycles. The molecule has 1 fully saturated rings. The van der Waals surface area contributed by atoms with E-state index < -0.39 is 5.79 Å². The summed E-state index contributed by atoms with van der Waals surface area (Å²) in [6.45, 7) is 11.0. The van der Waals surface area contributed by atoms with Crippen molar-refractivity contribution in [2.24, 2.45) is 0 Å². The summed E-state index contributed by atoms with van der Waals surface area (Å²) in [6, 6.07) is 11.8. The molecule has 0 spiro atoms. The van der Waals surface area contributed by atoms with E-state index in [1.54, 1.807) is 0 Å². The molecule has 0 bridgehead atoms. The lowest BCUT2D eigenvalue weighted by Crippen LogP contribution is -2.30. The normalized spacial score (nSPS) is 22.2. The lowest BCUT2D eigenvalue weighted by atomic mass is 9.68. The highest BCUT2D eigenvalue weighted by Gasteiger charge is 2.43. The predicted molar refractivity (Wildman–Crippen MR) is 121 cm³/mol. The molecule has 1 saturated heterocycles. The first-order chi connectivity index (χ1) is 15.1. The topological polar surface area (TPSA) is 68.6 Å². The Morgan fingerprint density at radius 3 is 2.59 bits per heavy atom. The maximum absolute atomic E-state index is 13.6. The highest BCUT2D eigenvalue weighted by molar-refractivity contribution is 6.33. The number of nitrogens with zero attached hydrogens (tertiary/aromatic N) is 1. The zero-order valence-corrected chi connectivity index (χ0v) is 19.2. The molecule has 2 aromatic carbocycles. The molecule has 2 aliphatic carbocycles. The third kappa shape index (κ3) is 3.09. The van der Waals surface area contributed by atoms with Crippen LogP contribution in [0.5, 0.6) is 5.75 Å². The number of ether oxygens (including phenoxy) is 3. The van der Waals surface area contributed by atoms with Crippen LogP contribution in [0.2, 0.25) is 0 Å². The Hall–Kier alpha value is -2.94. The van der Waals surface area contributed by atoms with Gasteiger partial charge in [0.15, 0.2) is 11.6 Å². The number of carbonyl (C=O) groups is 1. The maximum atomic E-state index is 13.6. The van der Waals surface area contributed by atoms with E-state index in [1.165, 1.54) is 0 Å². The summed E-state index contributed by atoms with van der Waals surface area (Å²) in [5.74, 6) is 0.195. The zero-order chi connectivity index (χ0) is 22.8. The maximum Gasteiger partial charge on any atom is 0.193 e. The Bertz CT molecular complexity index is 1230. The molecule has 1 atom stereocenters. The third-order valence-electron chi connectivity index (χ3n) is 7.04. The van der Waals surface area contributed by atoms with Gasteiger partial charge in [-0.1, -0.05) is 19.9 Å². The van der Waals surface area contributed by atoms with Gasteiger partial charge in [0.1, 0.15) is 18.5 Å². The van der Waals surface area contributed by atoms with Gasteiger partial charge in [-0.15, -0.1) is 0 Å². The average Bonchev–Trinajstić information content (AvgIpc) is 3.32. The van der Waals surface area contributed by atoms with E-state index >= 15 is 0 Å². The second-order valence-electron chi connectivity index (χ2n) is 9.83. The lowest BCUT2D eigenvalue weighted by molar-refractivity contribution is -0.141. The van der Waals surface area contributed by atoms with E-state index in [1.807, 2.05) is 51.1 Å². The van der Waals surface area contributed by atoms with Crippen molar-refractivity contribution >= 4 is 11.4 Å². The Morgan fingerprint density at radius 1 is 1.16 bits per heavy atom. The molecule has 1 heterocycles. The number of nitriles is 1. The van der Waals surface area contributed by atoms with Crippen LogP contribution in [0.15, 0.2) is 35.9 Å². The number of fused-ring (bicyclic) bond motifs is 3. The van der Waals surface area contributed by atoms with Crippen LogP contribution in [0, 0.1) is 18.3 Å². The van der Waals surface area contributed by atoms with E-state index in [4.69, 9.17) is 14.2 Å². The van der Waals surface area contributed by atoms with Crippen LogP contribution in [0.1, 0.15) is 65.9 Å². The second-order valence-corrected chi connectivity index (χ2v) is 9.83. The summed E-state index contributed by atoms with van der Waals surface area (Å²) in [6.07, 6.45) is 0.573. The van der Waals surface area contributed by atoms with Crippen LogP contribution in [0.25, 0.3) is 5.57 Å². The molecule has 1 aliphatic heterocycles. The molecule has 0 aromatic heterocycles. The minimum atomic E-state index is -0.581. The molecule has 5 nitrogen and oxygen atoms in total. The molecule has 0 N–H and O–H groups in total. The lowest BCUT2D eigenvalue weighted by Gasteiger charge is -2.34. The number of hydrogen-bond acceptors (Lipinski definition) is 5. The van der Waals surface area contributed by atoms with Crippen molar-refractivity contribution in [2.75, 3.05) is 13.2 Å². The Kier molecular flexibility index (Phi) is 4.60. The van der Waals surface area contributed by atoms with E-state index in [0.29, 0.717) is 25.2 Å². The van der Waals surface area contributed by atoms with Gasteiger partial charge in [-0.05, 0) is 79.3 Å². The minimum Gasteiger partial charge on any atom is -0.491 e. The van der Waals surface area contributed by atoms with Gasteiger partial charge in [0.2, 0.25) is 0 Å². The van der Waals surface area contributed by atoms with Gasteiger partial charge in [0.25, 0.3) is 0 Å². The first kappa shape index (κ1) is 20.9. The predicted octanol–water partition coefficient (Wildman–Crippen LogP) is 4.88. The summed E-state index contributed by atoms with van der Waals surface area (Å²) in [5.41, 5.74) is 7.01. The first-order valence-corrected chi connectivity index (χ1v) is 11.0. The third-order valence-corrected chi connectivity index (χ3v) is 7.04. The number of benzene rings is 2. The fourth-order valence-electron chi connectivity index (χ4n) is 5.22. The average molecular weight is 430 g/mol. The van der Waals surface area contributed by atoms with Gasteiger partial charge in [-0.3, -0.25) is 4.79 Å². The number of hydrogen-bond donors (Lipinski definition) is 0. The zero-order valence-electron chi connectivity index (χ0n) is 19.2. The smallest absolute Gasteiger partial charge is 0.193 e. The van der Waals surface area contributed by atoms with E-state index in [9.17, 15) is 10.1 Å². The first-order valence-electron chi connectivity index (χ1n) is 11.0. The van der Waals surface area contributed by atoms with Gasteiger partial charge in [-0.2, -0.15) is 5.26 Å². The number of allylic oxidation sites excluding steroid dienone is 2. The van der Waals surface area contributed by atoms with Crippen molar-refractivity contribution < 1.29 is 19.0 Å². The van der Waals surface area contributed by atoms with Gasteiger partial charge in [0.05, 0.1) is 18.2 Å². The molecule has 5 rings (SSSR count). The Labute approximate surface area is 188 Å². The number of carbonyl (C=O) groups excluding carboxylic acids is 1. The van der Waals surface area contributed by atoms with Crippen LogP contribution in [-0.2, 0) is 21.3 Å². The van der Waals surface area contributed by atoms with Crippen LogP contribution in [0.3, 0.4) is 0 Å². The van der Waals surface area contributed by atoms with Crippen LogP contribution >= 0.6 is 0 Å². The van der Waals surface area contributed by atoms with Gasteiger partial charge in [0, 0.05) is 16.6 Å². The number of rotatable bonds is 3. The van der Waals surface area contributed by atoms with E-state index in [2.05, 4.69) is 19.9 Å². The van der Waals surface area contributed by atoms with Gasteiger partial charge in [-0.25, -0.2) is 0 Å². The summed E-state index contributed by atoms with van der Waals surface area (Å²) >= 11 is 0. The van der Waals surface area contributed by atoms with Gasteiger partial charge < -0.3 is 14.2 Å². The van der Waals surface area contributed by atoms with E-state index in [-0.39, 0.29) is 17.3 Å². The standard InChI is InChI=1S/C27H27NO4/c1-15-16(12-28)6-8-19-21(15)11-23-24(19)25(29)20-9-7-17(10-22(20)26(23,2)3)30-13-18-14-31-27(4,5)32-18/h6-10,18H,11,13-14H2,1-5H3/t18-/m0/s1. The summed E-state index contributed by atoms with van der Waals surface area (Å²) in [5, 5.41) is 9.43. The molecular weight excluding hydrogens is 402 g/mol. The summed E-state index contributed by atoms with van der Waals surface area (Å²) < 4.78 is 17.5. The van der Waals surface area contributed by atoms with Crippen molar-refractivity contribution in [3.8, 4) is 11.8 Å². The SMILES string of the molecule is Cc1c(C#N)ccc2c1CC1=C2C(=O)c2ccc(OC[C@H]3COC(C)(C)O3)cc2C1(C)C. The van der Waals surface area contributed by atoms with Crippen LogP contribution in [-0.4, -0.2) is 30.9 Å². The quantitative estimate of drug-likeness (QED) is 0.696. The largest absolute Gasteiger partial charge is 0.491 e. The second kappa shape index (κ2) is 7.03. The number of ketones is 1. The van der Waals surface area contributed by atoms with Crippen molar-refractivity contribution in [3.05, 3.63) is 69.3 Å². The van der Waals surface area contributed by atoms with Crippen LogP contribution in [0.4, 0.5) is 0 Å². The molecular formula is C27H27NO4.